The molecule has 0 bridgehead atoms. The summed E-state index contributed by atoms with van der Waals surface area (Å²) in [5.74, 6) is 0.123. The summed E-state index contributed by atoms with van der Waals surface area (Å²) in [5.41, 5.74) is 5.91. The highest BCUT2D eigenvalue weighted by molar-refractivity contribution is 9.10. The number of hydrogen-bond acceptors (Lipinski definition) is 4. The first-order valence-electron chi connectivity index (χ1n) is 4.98. The number of halogens is 1. The fourth-order valence-electron chi connectivity index (χ4n) is 1.32. The largest absolute Gasteiger partial charge is 0.396 e. The number of nitrogens with zero attached hydrogens (tertiary/aromatic N) is 1. The van der Waals surface area contributed by atoms with Gasteiger partial charge in [-0.2, -0.15) is 0 Å². The molecule has 1 aromatic heterocycles. The van der Waals surface area contributed by atoms with E-state index in [0.717, 1.165) is 0 Å². The fourth-order valence-corrected chi connectivity index (χ4v) is 2.96. The van der Waals surface area contributed by atoms with Crippen LogP contribution in [-0.2, 0) is 10.0 Å². The molecule has 0 fully saturated rings. The molecule has 0 amide bonds. The van der Waals surface area contributed by atoms with E-state index < -0.39 is 10.0 Å². The van der Waals surface area contributed by atoms with E-state index in [1.165, 1.54) is 18.3 Å². The van der Waals surface area contributed by atoms with Crippen molar-refractivity contribution in [3.8, 4) is 0 Å². The summed E-state index contributed by atoms with van der Waals surface area (Å²) >= 11 is 3.22. The van der Waals surface area contributed by atoms with E-state index in [0.29, 0.717) is 4.47 Å². The maximum absolute atomic E-state index is 12.1. The first kappa shape index (κ1) is 12.8. The Kier molecular flexibility index (Phi) is 3.53. The Bertz CT molecular complexity index is 673. The number of nitrogens with one attached hydrogen (secondary N) is 1. The van der Waals surface area contributed by atoms with E-state index in [-0.39, 0.29) is 16.4 Å². The lowest BCUT2D eigenvalue weighted by atomic mass is 10.4. The van der Waals surface area contributed by atoms with Crippen LogP contribution in [0.5, 0.6) is 0 Å². The quantitative estimate of drug-likeness (QED) is 0.905. The van der Waals surface area contributed by atoms with Crippen LogP contribution in [0.15, 0.2) is 52.0 Å². The molecule has 2 rings (SSSR count). The topological polar surface area (TPSA) is 85.1 Å². The minimum absolute atomic E-state index is 0.123. The van der Waals surface area contributed by atoms with E-state index in [4.69, 9.17) is 5.73 Å². The number of sulfonamides is 1. The SMILES string of the molecule is Nc1cccnc1NS(=O)(=O)c1cccc(Br)c1. The van der Waals surface area contributed by atoms with Gasteiger partial charge in [0, 0.05) is 10.7 Å². The molecule has 3 N–H and O–H groups in total. The first-order chi connectivity index (χ1) is 8.49. The molecule has 0 aliphatic heterocycles. The van der Waals surface area contributed by atoms with Crippen LogP contribution < -0.4 is 10.5 Å². The maximum Gasteiger partial charge on any atom is 0.263 e. The van der Waals surface area contributed by atoms with Crippen LogP contribution in [0, 0.1) is 0 Å². The number of anilines is 2. The lowest BCUT2D eigenvalue weighted by molar-refractivity contribution is 0.601. The van der Waals surface area contributed by atoms with Crippen LogP contribution in [0.25, 0.3) is 0 Å². The van der Waals surface area contributed by atoms with Crippen molar-refractivity contribution >= 4 is 37.5 Å². The van der Waals surface area contributed by atoms with E-state index in [9.17, 15) is 8.42 Å². The molecular formula is C11H10BrN3O2S. The minimum Gasteiger partial charge on any atom is -0.396 e. The van der Waals surface area contributed by atoms with Gasteiger partial charge in [0.2, 0.25) is 0 Å². The Balaban J connectivity index is 2.37. The number of aromatic nitrogens is 1. The summed E-state index contributed by atoms with van der Waals surface area (Å²) in [6.07, 6.45) is 1.47. The smallest absolute Gasteiger partial charge is 0.263 e. The highest BCUT2D eigenvalue weighted by Crippen LogP contribution is 2.21. The van der Waals surface area contributed by atoms with Crippen molar-refractivity contribution in [3.05, 3.63) is 47.1 Å². The van der Waals surface area contributed by atoms with E-state index in [1.54, 1.807) is 24.3 Å². The number of nitrogens with two attached hydrogens (primary N) is 1. The highest BCUT2D eigenvalue weighted by Gasteiger charge is 2.16. The van der Waals surface area contributed by atoms with Gasteiger partial charge in [0.25, 0.3) is 10.0 Å². The van der Waals surface area contributed by atoms with Crippen molar-refractivity contribution in [3.63, 3.8) is 0 Å². The standard InChI is InChI=1S/C11H10BrN3O2S/c12-8-3-1-4-9(7-8)18(16,17)15-11-10(13)5-2-6-14-11/h1-7H,13H2,(H,14,15). The van der Waals surface area contributed by atoms with Crippen molar-refractivity contribution in [2.45, 2.75) is 4.90 Å². The Morgan fingerprint density at radius 2 is 2.00 bits per heavy atom. The van der Waals surface area contributed by atoms with Gasteiger partial charge < -0.3 is 5.73 Å². The second-order valence-corrected chi connectivity index (χ2v) is 6.10. The normalized spacial score (nSPS) is 11.2. The Morgan fingerprint density at radius 3 is 2.67 bits per heavy atom. The van der Waals surface area contributed by atoms with Crippen LogP contribution >= 0.6 is 15.9 Å². The average Bonchev–Trinajstić information content (AvgIpc) is 2.32. The van der Waals surface area contributed by atoms with Crippen LogP contribution in [0.2, 0.25) is 0 Å². The second-order valence-electron chi connectivity index (χ2n) is 3.50. The zero-order chi connectivity index (χ0) is 13.2. The van der Waals surface area contributed by atoms with Gasteiger partial charge in [-0.3, -0.25) is 4.72 Å². The van der Waals surface area contributed by atoms with Crippen LogP contribution in [0.4, 0.5) is 11.5 Å². The number of nitrogen functional groups attached to an aromatic ring is 1. The third-order valence-corrected chi connectivity index (χ3v) is 4.01. The summed E-state index contributed by atoms with van der Waals surface area (Å²) in [6, 6.07) is 9.58. The first-order valence-corrected chi connectivity index (χ1v) is 7.25. The van der Waals surface area contributed by atoms with Gasteiger partial charge in [0.1, 0.15) is 0 Å². The average molecular weight is 328 g/mol. The summed E-state index contributed by atoms with van der Waals surface area (Å²) in [5, 5.41) is 0. The molecule has 0 saturated heterocycles. The van der Waals surface area contributed by atoms with Gasteiger partial charge in [0.15, 0.2) is 5.82 Å². The van der Waals surface area contributed by atoms with Gasteiger partial charge in [0.05, 0.1) is 10.6 Å². The van der Waals surface area contributed by atoms with Gasteiger partial charge in [-0.25, -0.2) is 13.4 Å². The number of hydrogen-bond donors (Lipinski definition) is 2. The molecule has 2 aromatic rings. The van der Waals surface area contributed by atoms with Crippen molar-refractivity contribution < 1.29 is 8.42 Å². The van der Waals surface area contributed by atoms with Gasteiger partial charge in [-0.05, 0) is 30.3 Å². The molecule has 0 spiro atoms. The molecule has 0 radical (unpaired) electrons. The minimum atomic E-state index is -3.68. The van der Waals surface area contributed by atoms with Crippen LogP contribution in [0.1, 0.15) is 0 Å². The molecule has 1 heterocycles. The van der Waals surface area contributed by atoms with Crippen molar-refractivity contribution in [2.75, 3.05) is 10.5 Å². The zero-order valence-electron chi connectivity index (χ0n) is 9.17. The molecule has 5 nitrogen and oxygen atoms in total. The number of rotatable bonds is 3. The molecule has 0 aliphatic rings. The Morgan fingerprint density at radius 1 is 1.22 bits per heavy atom. The maximum atomic E-state index is 12.1. The lowest BCUT2D eigenvalue weighted by Gasteiger charge is -2.09. The molecular weight excluding hydrogens is 318 g/mol. The molecule has 0 aliphatic carbocycles. The van der Waals surface area contributed by atoms with Crippen molar-refractivity contribution in [1.82, 2.24) is 4.98 Å². The summed E-state index contributed by atoms with van der Waals surface area (Å²) < 4.78 is 27.2. The van der Waals surface area contributed by atoms with E-state index in [2.05, 4.69) is 25.6 Å². The molecule has 0 atom stereocenters. The van der Waals surface area contributed by atoms with Crippen molar-refractivity contribution in [1.29, 1.82) is 0 Å². The molecule has 0 saturated carbocycles. The number of pyridine rings is 1. The lowest BCUT2D eigenvalue weighted by Crippen LogP contribution is -2.15. The van der Waals surface area contributed by atoms with Gasteiger partial charge >= 0.3 is 0 Å². The predicted molar refractivity (Wildman–Crippen MR) is 73.6 cm³/mol. The summed E-state index contributed by atoms with van der Waals surface area (Å²) in [4.78, 5) is 4.03. The summed E-state index contributed by atoms with van der Waals surface area (Å²) in [6.45, 7) is 0. The molecule has 1 aromatic carbocycles. The Labute approximate surface area is 113 Å². The second kappa shape index (κ2) is 4.95. The third-order valence-electron chi connectivity index (χ3n) is 2.18. The molecule has 7 heteroatoms. The third kappa shape index (κ3) is 2.80. The predicted octanol–water partition coefficient (Wildman–Crippen LogP) is 2.23. The number of benzene rings is 1. The van der Waals surface area contributed by atoms with Crippen molar-refractivity contribution in [2.24, 2.45) is 0 Å². The van der Waals surface area contributed by atoms with E-state index >= 15 is 0 Å². The van der Waals surface area contributed by atoms with E-state index in [1.807, 2.05) is 0 Å². The summed E-state index contributed by atoms with van der Waals surface area (Å²) in [7, 11) is -3.68. The molecule has 0 unspecified atom stereocenters. The van der Waals surface area contributed by atoms with Crippen LogP contribution in [0.3, 0.4) is 0 Å². The van der Waals surface area contributed by atoms with Gasteiger partial charge in [-0.15, -0.1) is 0 Å². The Hall–Kier alpha value is -1.60. The molecule has 18 heavy (non-hydrogen) atoms. The van der Waals surface area contributed by atoms with Gasteiger partial charge in [-0.1, -0.05) is 22.0 Å². The zero-order valence-corrected chi connectivity index (χ0v) is 11.6. The van der Waals surface area contributed by atoms with Crippen LogP contribution in [-0.4, -0.2) is 13.4 Å². The highest BCUT2D eigenvalue weighted by atomic mass is 79.9. The molecule has 94 valence electrons. The fraction of sp³-hybridized carbons (Fsp3) is 0. The monoisotopic (exact) mass is 327 g/mol.